The van der Waals surface area contributed by atoms with Crippen LogP contribution in [0.5, 0.6) is 5.75 Å². The van der Waals surface area contributed by atoms with Gasteiger partial charge in [0, 0.05) is 24.6 Å². The molecule has 3 atom stereocenters. The summed E-state index contributed by atoms with van der Waals surface area (Å²) < 4.78 is 5.09. The maximum atomic E-state index is 12.6. The number of methoxy groups -OCH3 is 1. The number of aliphatic hydroxyl groups excluding tert-OH is 1. The van der Waals surface area contributed by atoms with E-state index in [1.165, 1.54) is 7.11 Å². The van der Waals surface area contributed by atoms with Gasteiger partial charge in [-0.3, -0.25) is 4.79 Å². The molecule has 0 aromatic heterocycles. The van der Waals surface area contributed by atoms with Gasteiger partial charge in [-0.2, -0.15) is 0 Å². The number of aliphatic hydroxyl groups is 1. The Morgan fingerprint density at radius 3 is 2.52 bits per heavy atom. The lowest BCUT2D eigenvalue weighted by Crippen LogP contribution is -2.31. The van der Waals surface area contributed by atoms with Gasteiger partial charge in [-0.1, -0.05) is 23.2 Å². The zero-order valence-corrected chi connectivity index (χ0v) is 13.2. The molecule has 3 unspecified atom stereocenters. The third-order valence-corrected chi connectivity index (χ3v) is 5.12. The van der Waals surface area contributed by atoms with Crippen molar-refractivity contribution < 1.29 is 14.6 Å². The third kappa shape index (κ3) is 2.60. The largest absolute Gasteiger partial charge is 0.494 e. The molecule has 114 valence electrons. The molecule has 21 heavy (non-hydrogen) atoms. The van der Waals surface area contributed by atoms with Crippen molar-refractivity contribution >= 4 is 29.1 Å². The summed E-state index contributed by atoms with van der Waals surface area (Å²) in [6.07, 6.45) is 1.55. The van der Waals surface area contributed by atoms with Crippen LogP contribution in [-0.2, 0) is 0 Å². The highest BCUT2D eigenvalue weighted by Gasteiger charge is 2.43. The van der Waals surface area contributed by atoms with Crippen molar-refractivity contribution in [1.82, 2.24) is 4.90 Å². The quantitative estimate of drug-likeness (QED) is 0.907. The monoisotopic (exact) mass is 329 g/mol. The second kappa shape index (κ2) is 5.67. The van der Waals surface area contributed by atoms with Gasteiger partial charge in [-0.05, 0) is 30.9 Å². The van der Waals surface area contributed by atoms with Crippen molar-refractivity contribution in [2.45, 2.75) is 18.9 Å². The van der Waals surface area contributed by atoms with Gasteiger partial charge < -0.3 is 14.7 Å². The van der Waals surface area contributed by atoms with E-state index in [0.29, 0.717) is 40.4 Å². The van der Waals surface area contributed by atoms with Crippen molar-refractivity contribution in [3.63, 3.8) is 0 Å². The number of halogens is 2. The molecular weight excluding hydrogens is 313 g/mol. The molecule has 1 saturated carbocycles. The first kappa shape index (κ1) is 14.9. The van der Waals surface area contributed by atoms with Crippen LogP contribution in [0.1, 0.15) is 23.2 Å². The maximum absolute atomic E-state index is 12.6. The van der Waals surface area contributed by atoms with E-state index in [2.05, 4.69) is 0 Å². The van der Waals surface area contributed by atoms with Crippen molar-refractivity contribution in [3.05, 3.63) is 27.7 Å². The molecule has 2 aliphatic rings. The van der Waals surface area contributed by atoms with Crippen LogP contribution in [-0.4, -0.2) is 42.2 Å². The first-order valence-electron chi connectivity index (χ1n) is 7.01. The Bertz CT molecular complexity index is 555. The van der Waals surface area contributed by atoms with Gasteiger partial charge in [-0.15, -0.1) is 0 Å². The smallest absolute Gasteiger partial charge is 0.253 e. The molecule has 1 saturated heterocycles. The summed E-state index contributed by atoms with van der Waals surface area (Å²) in [4.78, 5) is 14.4. The van der Waals surface area contributed by atoms with Crippen molar-refractivity contribution in [2.24, 2.45) is 11.8 Å². The van der Waals surface area contributed by atoms with E-state index in [1.54, 1.807) is 17.0 Å². The Morgan fingerprint density at radius 2 is 1.95 bits per heavy atom. The van der Waals surface area contributed by atoms with E-state index in [-0.39, 0.29) is 17.9 Å². The predicted octanol–water partition coefficient (Wildman–Crippen LogP) is 2.84. The number of fused-ring (bicyclic) bond motifs is 1. The number of hydrogen-bond donors (Lipinski definition) is 1. The number of rotatable bonds is 2. The molecule has 6 heteroatoms. The van der Waals surface area contributed by atoms with Crippen LogP contribution in [0.4, 0.5) is 0 Å². The van der Waals surface area contributed by atoms with E-state index >= 15 is 0 Å². The van der Waals surface area contributed by atoms with Crippen LogP contribution in [0.25, 0.3) is 0 Å². The highest BCUT2D eigenvalue weighted by Crippen LogP contribution is 2.39. The molecule has 1 aromatic carbocycles. The van der Waals surface area contributed by atoms with Gasteiger partial charge in [0.25, 0.3) is 5.91 Å². The number of hydrogen-bond acceptors (Lipinski definition) is 3. The average molecular weight is 330 g/mol. The van der Waals surface area contributed by atoms with Gasteiger partial charge in [-0.25, -0.2) is 0 Å². The number of carbonyl (C=O) groups excluding carboxylic acids is 1. The van der Waals surface area contributed by atoms with Gasteiger partial charge >= 0.3 is 0 Å². The average Bonchev–Trinajstić information content (AvgIpc) is 3.00. The second-order valence-corrected chi connectivity index (χ2v) is 6.57. The van der Waals surface area contributed by atoms with Gasteiger partial charge in [0.1, 0.15) is 0 Å². The van der Waals surface area contributed by atoms with Crippen molar-refractivity contribution in [3.8, 4) is 5.75 Å². The summed E-state index contributed by atoms with van der Waals surface area (Å²) in [6, 6.07) is 3.16. The van der Waals surface area contributed by atoms with Gasteiger partial charge in [0.15, 0.2) is 5.75 Å². The molecule has 4 nitrogen and oxygen atoms in total. The van der Waals surface area contributed by atoms with Crippen LogP contribution in [0.3, 0.4) is 0 Å². The molecule has 2 fully saturated rings. The Hall–Kier alpha value is -0.970. The molecule has 0 radical (unpaired) electrons. The minimum Gasteiger partial charge on any atom is -0.494 e. The highest BCUT2D eigenvalue weighted by atomic mass is 35.5. The van der Waals surface area contributed by atoms with Crippen molar-refractivity contribution in [2.75, 3.05) is 20.2 Å². The Kier molecular flexibility index (Phi) is 4.04. The maximum Gasteiger partial charge on any atom is 0.253 e. The van der Waals surface area contributed by atoms with E-state index in [1.807, 2.05) is 0 Å². The topological polar surface area (TPSA) is 49.8 Å². The van der Waals surface area contributed by atoms with Gasteiger partial charge in [0.05, 0.1) is 23.3 Å². The molecule has 0 bridgehead atoms. The lowest BCUT2D eigenvalue weighted by Gasteiger charge is -2.19. The van der Waals surface area contributed by atoms with E-state index < -0.39 is 0 Å². The first-order valence-corrected chi connectivity index (χ1v) is 7.77. The number of amides is 1. The molecule has 3 rings (SSSR count). The molecule has 1 aromatic rings. The summed E-state index contributed by atoms with van der Waals surface area (Å²) in [7, 11) is 1.48. The van der Waals surface area contributed by atoms with Crippen LogP contribution < -0.4 is 4.74 Å². The standard InChI is InChI=1S/C15H17Cl2NO3/c1-21-14-11(16)4-9(5-12(14)17)15(20)18-6-8-2-3-13(19)10(8)7-18/h4-5,8,10,13,19H,2-3,6-7H2,1H3. The van der Waals surface area contributed by atoms with E-state index in [4.69, 9.17) is 27.9 Å². The molecule has 1 N–H and O–H groups in total. The molecule has 1 aliphatic heterocycles. The highest BCUT2D eigenvalue weighted by molar-refractivity contribution is 6.37. The van der Waals surface area contributed by atoms with Crippen molar-refractivity contribution in [1.29, 1.82) is 0 Å². The Labute approximate surface area is 133 Å². The van der Waals surface area contributed by atoms with E-state index in [9.17, 15) is 9.90 Å². The summed E-state index contributed by atoms with van der Waals surface area (Å²) in [5.41, 5.74) is 0.459. The Morgan fingerprint density at radius 1 is 1.29 bits per heavy atom. The molecule has 1 heterocycles. The lowest BCUT2D eigenvalue weighted by atomic mass is 10.00. The second-order valence-electron chi connectivity index (χ2n) is 5.75. The summed E-state index contributed by atoms with van der Waals surface area (Å²) >= 11 is 12.2. The molecule has 1 amide bonds. The number of likely N-dealkylation sites (tertiary alicyclic amines) is 1. The first-order chi connectivity index (χ1) is 10.0. The number of benzene rings is 1. The van der Waals surface area contributed by atoms with Crippen LogP contribution in [0.15, 0.2) is 12.1 Å². The van der Waals surface area contributed by atoms with Crippen LogP contribution in [0, 0.1) is 11.8 Å². The van der Waals surface area contributed by atoms with Crippen LogP contribution >= 0.6 is 23.2 Å². The zero-order chi connectivity index (χ0) is 15.1. The Balaban J connectivity index is 1.80. The summed E-state index contributed by atoms with van der Waals surface area (Å²) in [5.74, 6) is 0.901. The SMILES string of the molecule is COc1c(Cl)cc(C(=O)N2CC3CCC(O)C3C2)cc1Cl. The molecule has 1 aliphatic carbocycles. The third-order valence-electron chi connectivity index (χ3n) is 4.56. The van der Waals surface area contributed by atoms with Gasteiger partial charge in [0.2, 0.25) is 0 Å². The van der Waals surface area contributed by atoms with E-state index in [0.717, 1.165) is 12.8 Å². The minimum absolute atomic E-state index is 0.0944. The fraction of sp³-hybridized carbons (Fsp3) is 0.533. The number of nitrogens with zero attached hydrogens (tertiary/aromatic N) is 1. The number of ether oxygens (including phenoxy) is 1. The zero-order valence-electron chi connectivity index (χ0n) is 11.7. The normalized spacial score (nSPS) is 27.8. The lowest BCUT2D eigenvalue weighted by molar-refractivity contribution is 0.0752. The fourth-order valence-electron chi connectivity index (χ4n) is 3.46. The summed E-state index contributed by atoms with van der Waals surface area (Å²) in [5, 5.41) is 10.6. The van der Waals surface area contributed by atoms with Crippen LogP contribution in [0.2, 0.25) is 10.0 Å². The molecular formula is C15H17Cl2NO3. The summed E-state index contributed by atoms with van der Waals surface area (Å²) in [6.45, 7) is 1.30. The molecule has 0 spiro atoms. The number of carbonyl (C=O) groups is 1. The predicted molar refractivity (Wildman–Crippen MR) is 81.1 cm³/mol. The fourth-order valence-corrected chi connectivity index (χ4v) is 4.10. The minimum atomic E-state index is -0.282.